The van der Waals surface area contributed by atoms with E-state index in [0.717, 1.165) is 30.3 Å². The quantitative estimate of drug-likeness (QED) is 0.905. The molecule has 0 unspecified atom stereocenters. The Morgan fingerprint density at radius 1 is 1.20 bits per heavy atom. The average Bonchev–Trinajstić information content (AvgIpc) is 2.41. The van der Waals surface area contributed by atoms with E-state index in [1.54, 1.807) is 12.1 Å². The van der Waals surface area contributed by atoms with Crippen LogP contribution in [0.15, 0.2) is 36.4 Å². The Balaban J connectivity index is 2.38. The molecular weight excluding hydrogens is 253 g/mol. The van der Waals surface area contributed by atoms with Gasteiger partial charge in [-0.2, -0.15) is 0 Å². The smallest absolute Gasteiger partial charge is 0.133 e. The Kier molecular flexibility index (Phi) is 4.69. The molecule has 0 aliphatic heterocycles. The van der Waals surface area contributed by atoms with Crippen LogP contribution >= 0.6 is 0 Å². The molecule has 0 aliphatic rings. The summed E-state index contributed by atoms with van der Waals surface area (Å²) in [6, 6.07) is 10.6. The number of nitrogens with one attached hydrogen (secondary N) is 1. The maximum absolute atomic E-state index is 13.0. The van der Waals surface area contributed by atoms with Crippen LogP contribution in [-0.4, -0.2) is 18.6 Å². The van der Waals surface area contributed by atoms with Crippen LogP contribution in [0.4, 0.5) is 15.9 Å². The third-order valence-electron chi connectivity index (χ3n) is 3.11. The normalized spacial score (nSPS) is 10.6. The van der Waals surface area contributed by atoms with E-state index in [1.807, 2.05) is 14.0 Å². The van der Waals surface area contributed by atoms with Crippen molar-refractivity contribution in [1.82, 2.24) is 10.3 Å². The van der Waals surface area contributed by atoms with Crippen LogP contribution in [0.1, 0.15) is 18.2 Å². The van der Waals surface area contributed by atoms with Gasteiger partial charge in [0.15, 0.2) is 0 Å². The third-order valence-corrected chi connectivity index (χ3v) is 3.11. The molecule has 0 bridgehead atoms. The number of aromatic nitrogens is 1. The van der Waals surface area contributed by atoms with Crippen LogP contribution < -0.4 is 10.2 Å². The van der Waals surface area contributed by atoms with E-state index in [0.29, 0.717) is 0 Å². The highest BCUT2D eigenvalue weighted by Crippen LogP contribution is 2.24. The SMILES string of the molecule is CCN(c1ccc(F)cc1)c1cc(CNC)cc(C)n1. The maximum atomic E-state index is 13.0. The van der Waals surface area contributed by atoms with Crippen LogP contribution in [0.5, 0.6) is 0 Å². The summed E-state index contributed by atoms with van der Waals surface area (Å²) < 4.78 is 13.0. The third kappa shape index (κ3) is 3.33. The fourth-order valence-electron chi connectivity index (χ4n) is 2.26. The molecule has 1 N–H and O–H groups in total. The minimum Gasteiger partial charge on any atom is -0.327 e. The molecule has 0 spiro atoms. The van der Waals surface area contributed by atoms with Crippen LogP contribution in [-0.2, 0) is 6.54 Å². The van der Waals surface area contributed by atoms with Crippen molar-refractivity contribution in [2.45, 2.75) is 20.4 Å². The number of aryl methyl sites for hydroxylation is 1. The molecule has 0 amide bonds. The van der Waals surface area contributed by atoms with Crippen molar-refractivity contribution in [3.8, 4) is 0 Å². The van der Waals surface area contributed by atoms with Gasteiger partial charge in [-0.1, -0.05) is 0 Å². The summed E-state index contributed by atoms with van der Waals surface area (Å²) in [4.78, 5) is 6.67. The summed E-state index contributed by atoms with van der Waals surface area (Å²) in [6.45, 7) is 5.63. The zero-order chi connectivity index (χ0) is 14.5. The van der Waals surface area contributed by atoms with Gasteiger partial charge in [-0.05, 0) is 62.9 Å². The van der Waals surface area contributed by atoms with Gasteiger partial charge in [-0.25, -0.2) is 9.37 Å². The molecule has 106 valence electrons. The second-order valence-electron chi connectivity index (χ2n) is 4.73. The lowest BCUT2D eigenvalue weighted by atomic mass is 10.2. The van der Waals surface area contributed by atoms with Gasteiger partial charge in [0, 0.05) is 24.5 Å². The van der Waals surface area contributed by atoms with Crippen molar-refractivity contribution in [2.24, 2.45) is 0 Å². The molecule has 1 aromatic heterocycles. The Labute approximate surface area is 119 Å². The molecule has 1 aromatic carbocycles. The second-order valence-corrected chi connectivity index (χ2v) is 4.73. The second kappa shape index (κ2) is 6.48. The first-order chi connectivity index (χ1) is 9.63. The Morgan fingerprint density at radius 3 is 2.50 bits per heavy atom. The van der Waals surface area contributed by atoms with E-state index < -0.39 is 0 Å². The van der Waals surface area contributed by atoms with E-state index >= 15 is 0 Å². The van der Waals surface area contributed by atoms with Gasteiger partial charge in [-0.3, -0.25) is 0 Å². The minimum atomic E-state index is -0.224. The fourth-order valence-corrected chi connectivity index (χ4v) is 2.26. The average molecular weight is 273 g/mol. The number of anilines is 2. The molecule has 0 fully saturated rings. The lowest BCUT2D eigenvalue weighted by molar-refractivity contribution is 0.627. The lowest BCUT2D eigenvalue weighted by Crippen LogP contribution is -2.18. The van der Waals surface area contributed by atoms with Gasteiger partial charge in [0.2, 0.25) is 0 Å². The Morgan fingerprint density at radius 2 is 1.90 bits per heavy atom. The van der Waals surface area contributed by atoms with E-state index in [1.165, 1.54) is 17.7 Å². The van der Waals surface area contributed by atoms with Crippen molar-refractivity contribution in [3.05, 3.63) is 53.5 Å². The maximum Gasteiger partial charge on any atom is 0.133 e. The van der Waals surface area contributed by atoms with Crippen LogP contribution in [0, 0.1) is 12.7 Å². The topological polar surface area (TPSA) is 28.2 Å². The summed E-state index contributed by atoms with van der Waals surface area (Å²) in [5.41, 5.74) is 3.12. The monoisotopic (exact) mass is 273 g/mol. The highest BCUT2D eigenvalue weighted by atomic mass is 19.1. The Bertz CT molecular complexity index is 566. The first-order valence-corrected chi connectivity index (χ1v) is 6.79. The highest BCUT2D eigenvalue weighted by molar-refractivity contribution is 5.60. The molecule has 0 aliphatic carbocycles. The molecule has 0 atom stereocenters. The number of nitrogens with zero attached hydrogens (tertiary/aromatic N) is 2. The summed E-state index contributed by atoms with van der Waals surface area (Å²) in [7, 11) is 1.92. The van der Waals surface area contributed by atoms with Gasteiger partial charge in [0.25, 0.3) is 0 Å². The van der Waals surface area contributed by atoms with Gasteiger partial charge in [-0.15, -0.1) is 0 Å². The van der Waals surface area contributed by atoms with E-state index in [2.05, 4.69) is 34.3 Å². The zero-order valence-corrected chi connectivity index (χ0v) is 12.2. The van der Waals surface area contributed by atoms with Crippen molar-refractivity contribution in [3.63, 3.8) is 0 Å². The molecule has 0 saturated heterocycles. The van der Waals surface area contributed by atoms with E-state index in [-0.39, 0.29) is 5.82 Å². The van der Waals surface area contributed by atoms with E-state index in [9.17, 15) is 4.39 Å². The van der Waals surface area contributed by atoms with Crippen molar-refractivity contribution in [1.29, 1.82) is 0 Å². The Hall–Kier alpha value is -1.94. The number of rotatable bonds is 5. The summed E-state index contributed by atoms with van der Waals surface area (Å²) >= 11 is 0. The van der Waals surface area contributed by atoms with Crippen molar-refractivity contribution < 1.29 is 4.39 Å². The molecule has 0 saturated carbocycles. The van der Waals surface area contributed by atoms with E-state index in [4.69, 9.17) is 0 Å². The van der Waals surface area contributed by atoms with Crippen LogP contribution in [0.25, 0.3) is 0 Å². The predicted octanol–water partition coefficient (Wildman–Crippen LogP) is 3.41. The predicted molar refractivity (Wildman–Crippen MR) is 80.8 cm³/mol. The zero-order valence-electron chi connectivity index (χ0n) is 12.2. The lowest BCUT2D eigenvalue weighted by Gasteiger charge is -2.23. The summed E-state index contributed by atoms with van der Waals surface area (Å²) in [5.74, 6) is 0.669. The number of pyridine rings is 1. The number of benzene rings is 1. The highest BCUT2D eigenvalue weighted by Gasteiger charge is 2.10. The number of hydrogen-bond acceptors (Lipinski definition) is 3. The molecule has 0 radical (unpaired) electrons. The first kappa shape index (κ1) is 14.5. The summed E-state index contributed by atoms with van der Waals surface area (Å²) in [6.07, 6.45) is 0. The van der Waals surface area contributed by atoms with Crippen molar-refractivity contribution in [2.75, 3.05) is 18.5 Å². The fraction of sp³-hybridized carbons (Fsp3) is 0.312. The number of halogens is 1. The molecule has 2 rings (SSSR count). The van der Waals surface area contributed by atoms with Gasteiger partial charge >= 0.3 is 0 Å². The molecule has 2 aromatic rings. The molecule has 20 heavy (non-hydrogen) atoms. The minimum absolute atomic E-state index is 0.224. The van der Waals surface area contributed by atoms with Gasteiger partial charge in [0.05, 0.1) is 0 Å². The van der Waals surface area contributed by atoms with Crippen LogP contribution in [0.2, 0.25) is 0 Å². The van der Waals surface area contributed by atoms with Crippen molar-refractivity contribution >= 4 is 11.5 Å². The first-order valence-electron chi connectivity index (χ1n) is 6.79. The molecule has 1 heterocycles. The number of hydrogen-bond donors (Lipinski definition) is 1. The van der Waals surface area contributed by atoms with Crippen LogP contribution in [0.3, 0.4) is 0 Å². The standard InChI is InChI=1S/C16H20FN3/c1-4-20(15-7-5-14(17)6-8-15)16-10-13(11-18-3)9-12(2)19-16/h5-10,18H,4,11H2,1-3H3. The molecular formula is C16H20FN3. The molecule has 4 heteroatoms. The molecule has 3 nitrogen and oxygen atoms in total. The largest absolute Gasteiger partial charge is 0.327 e. The van der Waals surface area contributed by atoms with Gasteiger partial charge < -0.3 is 10.2 Å². The summed E-state index contributed by atoms with van der Waals surface area (Å²) in [5, 5.41) is 3.15. The van der Waals surface area contributed by atoms with Gasteiger partial charge in [0.1, 0.15) is 11.6 Å².